The molecule has 1 aliphatic heterocycles. The first kappa shape index (κ1) is 19.9. The second-order valence-corrected chi connectivity index (χ2v) is 8.84. The van der Waals surface area contributed by atoms with E-state index in [1.165, 1.54) is 6.07 Å². The molecule has 25 heavy (non-hydrogen) atoms. The average Bonchev–Trinajstić information content (AvgIpc) is 2.58. The molecule has 2 atom stereocenters. The summed E-state index contributed by atoms with van der Waals surface area (Å²) in [5.74, 6) is 0.408. The summed E-state index contributed by atoms with van der Waals surface area (Å²) in [6, 6.07) is 6.27. The van der Waals surface area contributed by atoms with Crippen LogP contribution >= 0.6 is 0 Å². The van der Waals surface area contributed by atoms with E-state index in [-0.39, 0.29) is 10.8 Å². The maximum Gasteiger partial charge on any atom is 0.251 e. The Morgan fingerprint density at radius 3 is 2.60 bits per heavy atom. The smallest absolute Gasteiger partial charge is 0.251 e. The maximum atomic E-state index is 12.9. The Balaban J connectivity index is 2.12. The van der Waals surface area contributed by atoms with E-state index >= 15 is 0 Å². The van der Waals surface area contributed by atoms with Crippen LogP contribution in [0, 0.1) is 11.8 Å². The van der Waals surface area contributed by atoms with Gasteiger partial charge in [-0.05, 0) is 42.9 Å². The van der Waals surface area contributed by atoms with Crippen LogP contribution in [-0.4, -0.2) is 52.0 Å². The van der Waals surface area contributed by atoms with Crippen molar-refractivity contribution in [3.63, 3.8) is 0 Å². The third-order valence-electron chi connectivity index (χ3n) is 4.38. The van der Waals surface area contributed by atoms with Crippen molar-refractivity contribution in [2.75, 3.05) is 33.4 Å². The summed E-state index contributed by atoms with van der Waals surface area (Å²) in [5.41, 5.74) is 0.358. The highest BCUT2D eigenvalue weighted by Crippen LogP contribution is 2.26. The Morgan fingerprint density at radius 2 is 1.96 bits per heavy atom. The van der Waals surface area contributed by atoms with Crippen LogP contribution in [0.2, 0.25) is 0 Å². The fraction of sp³-hybridized carbons (Fsp3) is 0.611. The van der Waals surface area contributed by atoms with E-state index in [9.17, 15) is 13.2 Å². The molecule has 7 heteroatoms. The van der Waals surface area contributed by atoms with Crippen molar-refractivity contribution in [1.29, 1.82) is 0 Å². The van der Waals surface area contributed by atoms with Gasteiger partial charge in [-0.3, -0.25) is 4.79 Å². The minimum atomic E-state index is -3.58. The monoisotopic (exact) mass is 368 g/mol. The lowest BCUT2D eigenvalue weighted by Gasteiger charge is -2.34. The van der Waals surface area contributed by atoms with Crippen molar-refractivity contribution in [3.8, 4) is 0 Å². The van der Waals surface area contributed by atoms with Crippen molar-refractivity contribution in [3.05, 3.63) is 29.8 Å². The summed E-state index contributed by atoms with van der Waals surface area (Å²) >= 11 is 0. The second kappa shape index (κ2) is 8.78. The number of sulfonamides is 1. The van der Waals surface area contributed by atoms with Gasteiger partial charge in [0.15, 0.2) is 0 Å². The Kier molecular flexibility index (Phi) is 6.98. The summed E-state index contributed by atoms with van der Waals surface area (Å²) in [4.78, 5) is 12.4. The normalized spacial score (nSPS) is 21.9. The third-order valence-corrected chi connectivity index (χ3v) is 6.21. The lowest BCUT2D eigenvalue weighted by Crippen LogP contribution is -2.42. The Bertz CT molecular complexity index is 680. The Hall–Kier alpha value is -1.44. The molecule has 0 saturated carbocycles. The highest BCUT2D eigenvalue weighted by molar-refractivity contribution is 7.89. The molecule has 2 unspecified atom stereocenters. The number of hydrogen-bond donors (Lipinski definition) is 1. The molecule has 0 bridgehead atoms. The van der Waals surface area contributed by atoms with E-state index < -0.39 is 10.0 Å². The van der Waals surface area contributed by atoms with E-state index in [1.807, 2.05) is 0 Å². The predicted molar refractivity (Wildman–Crippen MR) is 97.0 cm³/mol. The first-order chi connectivity index (χ1) is 11.8. The number of nitrogens with one attached hydrogen (secondary N) is 1. The number of amides is 1. The van der Waals surface area contributed by atoms with Gasteiger partial charge in [-0.1, -0.05) is 19.9 Å². The lowest BCUT2D eigenvalue weighted by molar-refractivity contribution is 0.0948. The second-order valence-electron chi connectivity index (χ2n) is 6.90. The van der Waals surface area contributed by atoms with E-state index in [4.69, 9.17) is 4.74 Å². The SMILES string of the molecule is COCCCNC(=O)c1cccc(S(=O)(=O)N2CC(C)CC(C)C2)c1. The molecule has 1 aliphatic rings. The average molecular weight is 368 g/mol. The van der Waals surface area contributed by atoms with Crippen molar-refractivity contribution in [2.24, 2.45) is 11.8 Å². The fourth-order valence-electron chi connectivity index (χ4n) is 3.27. The molecule has 2 rings (SSSR count). The Morgan fingerprint density at radius 1 is 1.28 bits per heavy atom. The number of hydrogen-bond acceptors (Lipinski definition) is 4. The van der Waals surface area contributed by atoms with E-state index in [0.717, 1.165) is 6.42 Å². The van der Waals surface area contributed by atoms with Gasteiger partial charge >= 0.3 is 0 Å². The molecule has 1 saturated heterocycles. The molecule has 0 aromatic heterocycles. The number of ether oxygens (including phenoxy) is 1. The van der Waals surface area contributed by atoms with Crippen LogP contribution in [0.5, 0.6) is 0 Å². The summed E-state index contributed by atoms with van der Waals surface area (Å²) in [6.07, 6.45) is 1.75. The van der Waals surface area contributed by atoms with Crippen LogP contribution in [-0.2, 0) is 14.8 Å². The largest absolute Gasteiger partial charge is 0.385 e. The first-order valence-electron chi connectivity index (χ1n) is 8.72. The zero-order chi connectivity index (χ0) is 18.4. The van der Waals surface area contributed by atoms with Crippen LogP contribution in [0.1, 0.15) is 37.0 Å². The minimum absolute atomic E-state index is 0.179. The van der Waals surface area contributed by atoms with Crippen molar-refractivity contribution in [2.45, 2.75) is 31.6 Å². The van der Waals surface area contributed by atoms with Gasteiger partial charge in [0.2, 0.25) is 10.0 Å². The maximum absolute atomic E-state index is 12.9. The number of piperidine rings is 1. The topological polar surface area (TPSA) is 75.7 Å². The van der Waals surface area contributed by atoms with E-state index in [1.54, 1.807) is 29.6 Å². The molecule has 0 radical (unpaired) electrons. The van der Waals surface area contributed by atoms with Gasteiger partial charge in [0.25, 0.3) is 5.91 Å². The van der Waals surface area contributed by atoms with Crippen LogP contribution in [0.25, 0.3) is 0 Å². The molecular formula is C18H28N2O4S. The number of carbonyl (C=O) groups excluding carboxylic acids is 1. The molecule has 1 fully saturated rings. The van der Waals surface area contributed by atoms with E-state index in [0.29, 0.717) is 50.1 Å². The highest BCUT2D eigenvalue weighted by atomic mass is 32.2. The molecule has 1 amide bonds. The third kappa shape index (κ3) is 5.26. The van der Waals surface area contributed by atoms with Gasteiger partial charge in [-0.15, -0.1) is 0 Å². The van der Waals surface area contributed by atoms with Gasteiger partial charge in [-0.2, -0.15) is 4.31 Å². The van der Waals surface area contributed by atoms with Crippen molar-refractivity contribution in [1.82, 2.24) is 9.62 Å². The summed E-state index contributed by atoms with van der Waals surface area (Å²) in [7, 11) is -1.97. The van der Waals surface area contributed by atoms with Gasteiger partial charge in [0.05, 0.1) is 4.90 Å². The molecule has 0 spiro atoms. The minimum Gasteiger partial charge on any atom is -0.385 e. The molecule has 0 aliphatic carbocycles. The highest BCUT2D eigenvalue weighted by Gasteiger charge is 2.31. The number of methoxy groups -OCH3 is 1. The predicted octanol–water partition coefficient (Wildman–Crippen LogP) is 2.12. The van der Waals surface area contributed by atoms with Crippen LogP contribution < -0.4 is 5.32 Å². The summed E-state index contributed by atoms with van der Waals surface area (Å²) < 4.78 is 32.3. The van der Waals surface area contributed by atoms with Crippen molar-refractivity contribution < 1.29 is 17.9 Å². The van der Waals surface area contributed by atoms with Gasteiger partial charge in [0, 0.05) is 38.9 Å². The first-order valence-corrected chi connectivity index (χ1v) is 10.2. The van der Waals surface area contributed by atoms with Crippen molar-refractivity contribution >= 4 is 15.9 Å². The van der Waals surface area contributed by atoms with Crippen LogP contribution in [0.4, 0.5) is 0 Å². The molecule has 6 nitrogen and oxygen atoms in total. The Labute approximate surface area is 150 Å². The zero-order valence-corrected chi connectivity index (χ0v) is 16.0. The van der Waals surface area contributed by atoms with Gasteiger partial charge in [0.1, 0.15) is 0 Å². The molecule has 1 aromatic carbocycles. The standard InChI is InChI=1S/C18H28N2O4S/c1-14-10-15(2)13-20(12-14)25(22,23)17-7-4-6-16(11-17)18(21)19-8-5-9-24-3/h4,6-7,11,14-15H,5,8-10,12-13H2,1-3H3,(H,19,21). The summed E-state index contributed by atoms with van der Waals surface area (Å²) in [6.45, 7) is 6.26. The van der Waals surface area contributed by atoms with Crippen LogP contribution in [0.15, 0.2) is 29.2 Å². The molecule has 1 heterocycles. The number of benzene rings is 1. The molecule has 1 N–H and O–H groups in total. The number of carbonyl (C=O) groups is 1. The lowest BCUT2D eigenvalue weighted by atomic mass is 9.94. The molecule has 1 aromatic rings. The summed E-state index contributed by atoms with van der Waals surface area (Å²) in [5, 5.41) is 2.78. The quantitative estimate of drug-likeness (QED) is 0.748. The van der Waals surface area contributed by atoms with Gasteiger partial charge in [-0.25, -0.2) is 8.42 Å². The zero-order valence-electron chi connectivity index (χ0n) is 15.2. The number of rotatable bonds is 7. The fourth-order valence-corrected chi connectivity index (χ4v) is 5.00. The number of nitrogens with zero attached hydrogens (tertiary/aromatic N) is 1. The molecule has 140 valence electrons. The van der Waals surface area contributed by atoms with Crippen LogP contribution in [0.3, 0.4) is 0 Å². The van der Waals surface area contributed by atoms with E-state index in [2.05, 4.69) is 19.2 Å². The molecular weight excluding hydrogens is 340 g/mol. The van der Waals surface area contributed by atoms with Gasteiger partial charge < -0.3 is 10.1 Å².